The topological polar surface area (TPSA) is 89.4 Å². The fourth-order valence-electron chi connectivity index (χ4n) is 2.04. The van der Waals surface area contributed by atoms with E-state index in [4.69, 9.17) is 23.1 Å². The molecular formula is C10H14ClN3O2S. The van der Waals surface area contributed by atoms with E-state index < -0.39 is 10.0 Å². The first-order valence-electron chi connectivity index (χ1n) is 5.24. The van der Waals surface area contributed by atoms with Gasteiger partial charge in [-0.25, -0.2) is 8.42 Å². The third kappa shape index (κ3) is 2.20. The van der Waals surface area contributed by atoms with Crippen LogP contribution in [0.25, 0.3) is 0 Å². The molecule has 4 N–H and O–H groups in total. The van der Waals surface area contributed by atoms with Gasteiger partial charge in [0.25, 0.3) is 0 Å². The van der Waals surface area contributed by atoms with Crippen molar-refractivity contribution >= 4 is 33.0 Å². The monoisotopic (exact) mass is 275 g/mol. The van der Waals surface area contributed by atoms with Crippen LogP contribution in [0.15, 0.2) is 12.1 Å². The highest BCUT2D eigenvalue weighted by Crippen LogP contribution is 2.37. The van der Waals surface area contributed by atoms with Crippen molar-refractivity contribution in [3.05, 3.63) is 22.7 Å². The molecule has 1 heterocycles. The van der Waals surface area contributed by atoms with E-state index >= 15 is 0 Å². The van der Waals surface area contributed by atoms with Crippen LogP contribution < -0.4 is 15.8 Å². The van der Waals surface area contributed by atoms with Crippen LogP contribution in [-0.2, 0) is 16.4 Å². The van der Waals surface area contributed by atoms with Gasteiger partial charge >= 0.3 is 0 Å². The molecule has 0 atom stereocenters. The molecule has 1 aromatic rings. The number of halogens is 1. The van der Waals surface area contributed by atoms with Crippen LogP contribution in [0.1, 0.15) is 5.56 Å². The molecule has 0 aromatic heterocycles. The lowest BCUT2D eigenvalue weighted by molar-refractivity contribution is 0.592. The molecular weight excluding hydrogens is 262 g/mol. The standard InChI is InChI=1S/C10H14ClN3O2S/c11-8-5-7-1-3-14(10(7)9(13)6-8)17(15,16)4-2-12/h5-6H,1-4,12-13H2. The summed E-state index contributed by atoms with van der Waals surface area (Å²) < 4.78 is 25.3. The fraction of sp³-hybridized carbons (Fsp3) is 0.400. The Morgan fingerprint density at radius 2 is 2.12 bits per heavy atom. The summed E-state index contributed by atoms with van der Waals surface area (Å²) in [6.45, 7) is 0.504. The van der Waals surface area contributed by atoms with Gasteiger partial charge in [0.1, 0.15) is 0 Å². The number of nitrogens with zero attached hydrogens (tertiary/aromatic N) is 1. The highest BCUT2D eigenvalue weighted by Gasteiger charge is 2.30. The zero-order valence-electron chi connectivity index (χ0n) is 9.19. The Labute approximate surface area is 105 Å². The number of hydrogen-bond acceptors (Lipinski definition) is 4. The number of nitrogen functional groups attached to an aromatic ring is 1. The molecule has 94 valence electrons. The van der Waals surface area contributed by atoms with E-state index in [9.17, 15) is 8.42 Å². The molecule has 0 bridgehead atoms. The van der Waals surface area contributed by atoms with Crippen LogP contribution in [0.2, 0.25) is 5.02 Å². The zero-order chi connectivity index (χ0) is 12.6. The first kappa shape index (κ1) is 12.5. The molecule has 0 aliphatic carbocycles. The molecule has 0 radical (unpaired) electrons. The average Bonchev–Trinajstić information content (AvgIpc) is 2.61. The van der Waals surface area contributed by atoms with Crippen molar-refractivity contribution < 1.29 is 8.42 Å². The van der Waals surface area contributed by atoms with E-state index in [1.165, 1.54) is 4.31 Å². The second-order valence-electron chi connectivity index (χ2n) is 3.93. The van der Waals surface area contributed by atoms with Gasteiger partial charge in [-0.3, -0.25) is 4.31 Å². The van der Waals surface area contributed by atoms with Crippen LogP contribution in [0.4, 0.5) is 11.4 Å². The highest BCUT2D eigenvalue weighted by molar-refractivity contribution is 7.92. The van der Waals surface area contributed by atoms with Gasteiger partial charge in [0.2, 0.25) is 10.0 Å². The first-order chi connectivity index (χ1) is 7.95. The van der Waals surface area contributed by atoms with Crippen molar-refractivity contribution in [2.24, 2.45) is 5.73 Å². The predicted octanol–water partition coefficient (Wildman–Crippen LogP) is 0.573. The Balaban J connectivity index is 2.47. The Morgan fingerprint density at radius 3 is 2.76 bits per heavy atom. The van der Waals surface area contributed by atoms with Gasteiger partial charge in [-0.15, -0.1) is 0 Å². The van der Waals surface area contributed by atoms with Crippen LogP contribution >= 0.6 is 11.6 Å². The van der Waals surface area contributed by atoms with Crippen molar-refractivity contribution in [2.75, 3.05) is 28.9 Å². The number of sulfonamides is 1. The maximum absolute atomic E-state index is 12.0. The van der Waals surface area contributed by atoms with E-state index in [0.717, 1.165) is 5.56 Å². The largest absolute Gasteiger partial charge is 0.397 e. The number of rotatable bonds is 3. The number of benzene rings is 1. The van der Waals surface area contributed by atoms with Gasteiger partial charge in [0.15, 0.2) is 0 Å². The summed E-state index contributed by atoms with van der Waals surface area (Å²) in [5.41, 5.74) is 13.0. The second kappa shape index (κ2) is 4.36. The smallest absolute Gasteiger partial charge is 0.236 e. The van der Waals surface area contributed by atoms with Crippen LogP contribution in [0, 0.1) is 0 Å². The highest BCUT2D eigenvalue weighted by atomic mass is 35.5. The lowest BCUT2D eigenvalue weighted by atomic mass is 10.1. The zero-order valence-corrected chi connectivity index (χ0v) is 10.8. The maximum atomic E-state index is 12.0. The molecule has 0 saturated heterocycles. The molecule has 1 aliphatic rings. The molecule has 7 heteroatoms. The van der Waals surface area contributed by atoms with Crippen LogP contribution in [0.3, 0.4) is 0 Å². The van der Waals surface area contributed by atoms with Crippen LogP contribution in [0.5, 0.6) is 0 Å². The van der Waals surface area contributed by atoms with E-state index in [-0.39, 0.29) is 12.3 Å². The molecule has 0 unspecified atom stereocenters. The number of fused-ring (bicyclic) bond motifs is 1. The normalized spacial score (nSPS) is 15.1. The molecule has 0 spiro atoms. The Morgan fingerprint density at radius 1 is 1.41 bits per heavy atom. The minimum Gasteiger partial charge on any atom is -0.397 e. The SMILES string of the molecule is NCCS(=O)(=O)N1CCc2cc(Cl)cc(N)c21. The summed E-state index contributed by atoms with van der Waals surface area (Å²) >= 11 is 5.88. The van der Waals surface area contributed by atoms with Crippen LogP contribution in [-0.4, -0.2) is 27.3 Å². The fourth-order valence-corrected chi connectivity index (χ4v) is 3.68. The third-order valence-corrected chi connectivity index (χ3v) is 4.73. The average molecular weight is 276 g/mol. The minimum atomic E-state index is -3.37. The molecule has 0 fully saturated rings. The van der Waals surface area contributed by atoms with E-state index in [1.807, 2.05) is 0 Å². The lowest BCUT2D eigenvalue weighted by Gasteiger charge is -2.20. The van der Waals surface area contributed by atoms with E-state index in [0.29, 0.717) is 29.4 Å². The van der Waals surface area contributed by atoms with Crippen molar-refractivity contribution in [2.45, 2.75) is 6.42 Å². The molecule has 17 heavy (non-hydrogen) atoms. The summed E-state index contributed by atoms with van der Waals surface area (Å²) in [4.78, 5) is 0. The van der Waals surface area contributed by atoms with Crippen molar-refractivity contribution in [3.8, 4) is 0 Å². The molecule has 1 aromatic carbocycles. The van der Waals surface area contributed by atoms with Crippen molar-refractivity contribution in [1.82, 2.24) is 0 Å². The van der Waals surface area contributed by atoms with E-state index in [1.54, 1.807) is 12.1 Å². The van der Waals surface area contributed by atoms with E-state index in [2.05, 4.69) is 0 Å². The minimum absolute atomic E-state index is 0.0749. The molecule has 2 rings (SSSR count). The van der Waals surface area contributed by atoms with Gasteiger partial charge in [-0.2, -0.15) is 0 Å². The maximum Gasteiger partial charge on any atom is 0.236 e. The summed E-state index contributed by atoms with van der Waals surface area (Å²) in [6, 6.07) is 3.32. The predicted molar refractivity (Wildman–Crippen MR) is 69.8 cm³/mol. The first-order valence-corrected chi connectivity index (χ1v) is 7.23. The van der Waals surface area contributed by atoms with Crippen molar-refractivity contribution in [1.29, 1.82) is 0 Å². The molecule has 5 nitrogen and oxygen atoms in total. The summed E-state index contributed by atoms with van der Waals surface area (Å²) in [5.74, 6) is -0.0749. The molecule has 0 amide bonds. The van der Waals surface area contributed by atoms with Gasteiger partial charge in [0.05, 0.1) is 17.1 Å². The van der Waals surface area contributed by atoms with Gasteiger partial charge in [-0.05, 0) is 24.1 Å². The Kier molecular flexibility index (Phi) is 3.20. The second-order valence-corrected chi connectivity index (χ2v) is 6.38. The van der Waals surface area contributed by atoms with Crippen molar-refractivity contribution in [3.63, 3.8) is 0 Å². The third-order valence-electron chi connectivity index (χ3n) is 2.73. The lowest BCUT2D eigenvalue weighted by Crippen LogP contribution is -2.34. The molecule has 1 aliphatic heterocycles. The number of anilines is 2. The van der Waals surface area contributed by atoms with Gasteiger partial charge < -0.3 is 11.5 Å². The summed E-state index contributed by atoms with van der Waals surface area (Å²) in [6.07, 6.45) is 0.629. The molecule has 0 saturated carbocycles. The number of hydrogen-bond donors (Lipinski definition) is 2. The summed E-state index contributed by atoms with van der Waals surface area (Å²) in [7, 11) is -3.37. The number of nitrogens with two attached hydrogens (primary N) is 2. The Bertz CT molecular complexity index is 545. The quantitative estimate of drug-likeness (QED) is 0.790. The van der Waals surface area contributed by atoms with Gasteiger partial charge in [-0.1, -0.05) is 11.6 Å². The Hall–Kier alpha value is -0.980. The summed E-state index contributed by atoms with van der Waals surface area (Å²) in [5, 5.41) is 0.527. The van der Waals surface area contributed by atoms with Gasteiger partial charge in [0, 0.05) is 18.1 Å².